The number of non-ortho nitro benzene ring substituents is 1. The number of nitro groups is 1. The summed E-state index contributed by atoms with van der Waals surface area (Å²) < 4.78 is 0. The van der Waals surface area contributed by atoms with E-state index >= 15 is 0 Å². The van der Waals surface area contributed by atoms with E-state index in [2.05, 4.69) is 15.3 Å². The summed E-state index contributed by atoms with van der Waals surface area (Å²) in [7, 11) is 0. The number of nitrogens with zero attached hydrogens (tertiary/aromatic N) is 3. The number of hydrogen-bond acceptors (Lipinski definition) is 5. The number of anilines is 1. The highest BCUT2D eigenvalue weighted by atomic mass is 35.5. The van der Waals surface area contributed by atoms with Crippen LogP contribution in [0.5, 0.6) is 0 Å². The number of amides is 1. The maximum absolute atomic E-state index is 11.6. The minimum absolute atomic E-state index is 0.0103. The quantitative estimate of drug-likeness (QED) is 0.405. The first-order chi connectivity index (χ1) is 10.0. The van der Waals surface area contributed by atoms with Gasteiger partial charge in [-0.15, -0.1) is 0 Å². The molecule has 1 aromatic carbocycles. The van der Waals surface area contributed by atoms with E-state index in [1.807, 2.05) is 0 Å². The lowest BCUT2D eigenvalue weighted by Crippen LogP contribution is -2.10. The molecule has 21 heavy (non-hydrogen) atoms. The summed E-state index contributed by atoms with van der Waals surface area (Å²) >= 11 is 5.67. The van der Waals surface area contributed by atoms with Crippen LogP contribution in [0.1, 0.15) is 5.56 Å². The molecule has 106 valence electrons. The van der Waals surface area contributed by atoms with Gasteiger partial charge in [-0.1, -0.05) is 11.6 Å². The van der Waals surface area contributed by atoms with E-state index in [0.29, 0.717) is 5.56 Å². The molecule has 7 nitrogen and oxygen atoms in total. The van der Waals surface area contributed by atoms with Crippen molar-refractivity contribution in [1.29, 1.82) is 0 Å². The summed E-state index contributed by atoms with van der Waals surface area (Å²) in [5, 5.41) is 13.2. The van der Waals surface area contributed by atoms with Crippen molar-refractivity contribution in [1.82, 2.24) is 9.97 Å². The number of nitrogens with one attached hydrogen (secondary N) is 1. The first-order valence-electron chi connectivity index (χ1n) is 5.76. The molecule has 2 aromatic rings. The Morgan fingerprint density at radius 2 is 2.00 bits per heavy atom. The minimum Gasteiger partial charge on any atom is -0.291 e. The van der Waals surface area contributed by atoms with Crippen molar-refractivity contribution in [2.45, 2.75) is 0 Å². The van der Waals surface area contributed by atoms with Crippen LogP contribution in [0.25, 0.3) is 6.08 Å². The number of nitro benzene ring substituents is 1. The predicted molar refractivity (Wildman–Crippen MR) is 77.8 cm³/mol. The molecule has 0 saturated carbocycles. The van der Waals surface area contributed by atoms with Gasteiger partial charge in [-0.3, -0.25) is 20.2 Å². The minimum atomic E-state index is -0.489. The molecule has 2 rings (SSSR count). The van der Waals surface area contributed by atoms with E-state index in [9.17, 15) is 14.9 Å². The topological polar surface area (TPSA) is 98.0 Å². The molecule has 1 N–H and O–H groups in total. The second-order valence-electron chi connectivity index (χ2n) is 3.87. The van der Waals surface area contributed by atoms with Gasteiger partial charge >= 0.3 is 0 Å². The van der Waals surface area contributed by atoms with Crippen molar-refractivity contribution in [3.8, 4) is 0 Å². The molecule has 0 aliphatic carbocycles. The van der Waals surface area contributed by atoms with Crippen LogP contribution in [0.4, 0.5) is 11.6 Å². The molecule has 0 unspecified atom stereocenters. The Bertz CT molecular complexity index is 701. The van der Waals surface area contributed by atoms with Crippen LogP contribution in [0.15, 0.2) is 42.6 Å². The number of halogens is 1. The fourth-order valence-electron chi connectivity index (χ4n) is 1.43. The van der Waals surface area contributed by atoms with E-state index in [-0.39, 0.29) is 16.8 Å². The van der Waals surface area contributed by atoms with Crippen LogP contribution in [-0.4, -0.2) is 20.8 Å². The lowest BCUT2D eigenvalue weighted by atomic mass is 10.2. The third-order valence-corrected chi connectivity index (χ3v) is 2.60. The van der Waals surface area contributed by atoms with E-state index in [1.54, 1.807) is 0 Å². The summed E-state index contributed by atoms with van der Waals surface area (Å²) in [4.78, 5) is 29.3. The van der Waals surface area contributed by atoms with Crippen LogP contribution in [-0.2, 0) is 4.79 Å². The highest BCUT2D eigenvalue weighted by Gasteiger charge is 2.03. The van der Waals surface area contributed by atoms with E-state index < -0.39 is 10.8 Å². The third kappa shape index (κ3) is 4.36. The largest absolute Gasteiger partial charge is 0.291 e. The Hall–Kier alpha value is -2.80. The Balaban J connectivity index is 2.00. The third-order valence-electron chi connectivity index (χ3n) is 2.39. The van der Waals surface area contributed by atoms with Gasteiger partial charge in [0.05, 0.1) is 4.92 Å². The van der Waals surface area contributed by atoms with Gasteiger partial charge in [0.15, 0.2) is 0 Å². The molecule has 8 heteroatoms. The number of hydrogen-bond donors (Lipinski definition) is 1. The maximum Gasteiger partial charge on any atom is 0.269 e. The van der Waals surface area contributed by atoms with Crippen LogP contribution in [0, 0.1) is 10.1 Å². The zero-order chi connectivity index (χ0) is 15.2. The van der Waals surface area contributed by atoms with Gasteiger partial charge in [0, 0.05) is 24.4 Å². The standard InChI is InChI=1S/C13H9ClN4O3/c14-11-7-8-15-13(16-11)17-12(19)6-3-9-1-4-10(5-2-9)18(20)21/h1-8H,(H,15,16,17,19)/b6-3+. The number of carbonyl (C=O) groups is 1. The first kappa shape index (κ1) is 14.6. The number of rotatable bonds is 4. The van der Waals surface area contributed by atoms with Crippen molar-refractivity contribution in [3.05, 3.63) is 63.4 Å². The fourth-order valence-corrected chi connectivity index (χ4v) is 1.56. The summed E-state index contributed by atoms with van der Waals surface area (Å²) in [5.74, 6) is -0.337. The van der Waals surface area contributed by atoms with E-state index in [1.165, 1.54) is 48.7 Å². The zero-order valence-electron chi connectivity index (χ0n) is 10.6. The van der Waals surface area contributed by atoms with Gasteiger partial charge in [0.2, 0.25) is 5.95 Å². The van der Waals surface area contributed by atoms with Crippen molar-refractivity contribution in [2.75, 3.05) is 5.32 Å². The Kier molecular flexibility index (Phi) is 4.57. The normalized spacial score (nSPS) is 10.5. The molecule has 0 aliphatic rings. The van der Waals surface area contributed by atoms with Gasteiger partial charge in [-0.05, 0) is 29.8 Å². The van der Waals surface area contributed by atoms with Crippen molar-refractivity contribution in [2.24, 2.45) is 0 Å². The summed E-state index contributed by atoms with van der Waals surface area (Å²) in [6, 6.07) is 7.29. The van der Waals surface area contributed by atoms with Gasteiger partial charge in [0.1, 0.15) is 5.15 Å². The first-order valence-corrected chi connectivity index (χ1v) is 6.14. The summed E-state index contributed by atoms with van der Waals surface area (Å²) in [6.07, 6.45) is 4.21. The zero-order valence-corrected chi connectivity index (χ0v) is 11.3. The second-order valence-corrected chi connectivity index (χ2v) is 4.26. The van der Waals surface area contributed by atoms with Crippen LogP contribution < -0.4 is 5.32 Å². The van der Waals surface area contributed by atoms with Gasteiger partial charge in [-0.2, -0.15) is 0 Å². The lowest BCUT2D eigenvalue weighted by Gasteiger charge is -1.99. The SMILES string of the molecule is O=C(/C=C/c1ccc([N+](=O)[O-])cc1)Nc1nccc(Cl)n1. The smallest absolute Gasteiger partial charge is 0.269 e. The average molecular weight is 305 g/mol. The van der Waals surface area contributed by atoms with Crippen molar-refractivity contribution < 1.29 is 9.72 Å². The highest BCUT2D eigenvalue weighted by Crippen LogP contribution is 2.13. The molecule has 0 fully saturated rings. The molecule has 0 atom stereocenters. The maximum atomic E-state index is 11.6. The molecule has 0 bridgehead atoms. The van der Waals surface area contributed by atoms with Crippen molar-refractivity contribution in [3.63, 3.8) is 0 Å². The number of benzene rings is 1. The average Bonchev–Trinajstić information content (AvgIpc) is 2.45. The van der Waals surface area contributed by atoms with Crippen LogP contribution in [0.2, 0.25) is 5.15 Å². The van der Waals surface area contributed by atoms with Gasteiger partial charge in [-0.25, -0.2) is 9.97 Å². The molecular formula is C13H9ClN4O3. The fraction of sp³-hybridized carbons (Fsp3) is 0. The molecule has 1 amide bonds. The van der Waals surface area contributed by atoms with Gasteiger partial charge in [0.25, 0.3) is 11.6 Å². The lowest BCUT2D eigenvalue weighted by molar-refractivity contribution is -0.384. The Labute approximate surface area is 124 Å². The predicted octanol–water partition coefficient (Wildman–Crippen LogP) is 2.69. The molecule has 0 saturated heterocycles. The van der Waals surface area contributed by atoms with E-state index in [0.717, 1.165) is 0 Å². The molecule has 1 aromatic heterocycles. The molecular weight excluding hydrogens is 296 g/mol. The number of aromatic nitrogens is 2. The molecule has 0 spiro atoms. The number of carbonyl (C=O) groups excluding carboxylic acids is 1. The Morgan fingerprint density at radius 3 is 2.62 bits per heavy atom. The van der Waals surface area contributed by atoms with E-state index in [4.69, 9.17) is 11.6 Å². The molecule has 0 radical (unpaired) electrons. The molecule has 0 aliphatic heterocycles. The van der Waals surface area contributed by atoms with Crippen LogP contribution in [0.3, 0.4) is 0 Å². The van der Waals surface area contributed by atoms with Gasteiger partial charge < -0.3 is 0 Å². The monoisotopic (exact) mass is 304 g/mol. The van der Waals surface area contributed by atoms with Crippen molar-refractivity contribution >= 4 is 35.2 Å². The summed E-state index contributed by atoms with van der Waals surface area (Å²) in [5.41, 5.74) is 0.645. The second kappa shape index (κ2) is 6.58. The molecule has 1 heterocycles. The highest BCUT2D eigenvalue weighted by molar-refractivity contribution is 6.29. The summed E-state index contributed by atoms with van der Waals surface area (Å²) in [6.45, 7) is 0. The van der Waals surface area contributed by atoms with Crippen LogP contribution >= 0.6 is 11.6 Å². The Morgan fingerprint density at radius 1 is 1.29 bits per heavy atom.